The third-order valence-corrected chi connectivity index (χ3v) is 2.93. The average molecular weight is 243 g/mol. The minimum atomic E-state index is -0.918. The number of halogens is 1. The SMILES string of the molecule is Cc1cc(Cl)c(C(O)CCC(=O)O)cc1C. The number of benzene rings is 1. The van der Waals surface area contributed by atoms with Crippen molar-refractivity contribution < 1.29 is 15.0 Å². The third kappa shape index (κ3) is 3.22. The summed E-state index contributed by atoms with van der Waals surface area (Å²) in [5, 5.41) is 18.8. The molecule has 3 nitrogen and oxygen atoms in total. The predicted molar refractivity (Wildman–Crippen MR) is 62.8 cm³/mol. The Morgan fingerprint density at radius 2 is 1.94 bits per heavy atom. The van der Waals surface area contributed by atoms with Crippen LogP contribution in [0.1, 0.15) is 35.6 Å². The van der Waals surface area contributed by atoms with Gasteiger partial charge >= 0.3 is 5.97 Å². The van der Waals surface area contributed by atoms with Gasteiger partial charge in [-0.15, -0.1) is 0 Å². The monoisotopic (exact) mass is 242 g/mol. The van der Waals surface area contributed by atoms with Gasteiger partial charge in [-0.1, -0.05) is 17.7 Å². The first kappa shape index (κ1) is 13.0. The van der Waals surface area contributed by atoms with Crippen molar-refractivity contribution >= 4 is 17.6 Å². The molecule has 0 aromatic heterocycles. The van der Waals surface area contributed by atoms with E-state index in [-0.39, 0.29) is 12.8 Å². The molecule has 0 aliphatic rings. The van der Waals surface area contributed by atoms with Gasteiger partial charge in [-0.25, -0.2) is 0 Å². The maximum absolute atomic E-state index is 10.4. The van der Waals surface area contributed by atoms with Crippen LogP contribution in [0.3, 0.4) is 0 Å². The van der Waals surface area contributed by atoms with Gasteiger partial charge in [0.15, 0.2) is 0 Å². The first-order chi connectivity index (χ1) is 7.41. The van der Waals surface area contributed by atoms with Crippen molar-refractivity contribution in [3.8, 4) is 0 Å². The molecule has 0 amide bonds. The molecule has 88 valence electrons. The van der Waals surface area contributed by atoms with Gasteiger partial charge in [0.1, 0.15) is 0 Å². The molecular formula is C12H15ClO3. The second-order valence-electron chi connectivity index (χ2n) is 3.91. The zero-order valence-corrected chi connectivity index (χ0v) is 10.1. The van der Waals surface area contributed by atoms with Crippen molar-refractivity contribution in [2.75, 3.05) is 0 Å². The molecule has 0 spiro atoms. The van der Waals surface area contributed by atoms with Crippen LogP contribution in [-0.4, -0.2) is 16.2 Å². The molecule has 4 heteroatoms. The molecule has 2 N–H and O–H groups in total. The lowest BCUT2D eigenvalue weighted by atomic mass is 10.00. The van der Waals surface area contributed by atoms with E-state index in [1.165, 1.54) is 0 Å². The van der Waals surface area contributed by atoms with Gasteiger partial charge in [0.25, 0.3) is 0 Å². The molecule has 0 saturated heterocycles. The summed E-state index contributed by atoms with van der Waals surface area (Å²) in [5.41, 5.74) is 2.69. The van der Waals surface area contributed by atoms with Gasteiger partial charge in [0, 0.05) is 11.4 Å². The van der Waals surface area contributed by atoms with Gasteiger partial charge in [-0.05, 0) is 43.0 Å². The standard InChI is InChI=1S/C12H15ClO3/c1-7-5-9(10(13)6-8(7)2)11(14)3-4-12(15)16/h5-6,11,14H,3-4H2,1-2H3,(H,15,16). The van der Waals surface area contributed by atoms with Crippen LogP contribution in [-0.2, 0) is 4.79 Å². The van der Waals surface area contributed by atoms with Gasteiger partial charge in [0.05, 0.1) is 6.10 Å². The predicted octanol–water partition coefficient (Wildman–Crippen LogP) is 2.86. The highest BCUT2D eigenvalue weighted by atomic mass is 35.5. The highest BCUT2D eigenvalue weighted by Crippen LogP contribution is 2.28. The molecule has 0 heterocycles. The van der Waals surface area contributed by atoms with Crippen LogP contribution in [0.4, 0.5) is 0 Å². The van der Waals surface area contributed by atoms with Crippen LogP contribution >= 0.6 is 11.6 Å². The molecule has 0 saturated carbocycles. The van der Waals surface area contributed by atoms with Crippen LogP contribution < -0.4 is 0 Å². The fourth-order valence-corrected chi connectivity index (χ4v) is 1.82. The summed E-state index contributed by atoms with van der Waals surface area (Å²) in [6, 6.07) is 3.60. The number of carboxylic acid groups (broad SMARTS) is 1. The molecule has 1 unspecified atom stereocenters. The number of carboxylic acids is 1. The van der Waals surface area contributed by atoms with E-state index in [2.05, 4.69) is 0 Å². The molecule has 0 radical (unpaired) electrons. The average Bonchev–Trinajstić information content (AvgIpc) is 2.20. The van der Waals surface area contributed by atoms with Crippen molar-refractivity contribution in [3.63, 3.8) is 0 Å². The maximum Gasteiger partial charge on any atom is 0.303 e. The Kier molecular flexibility index (Phi) is 4.33. The summed E-state index contributed by atoms with van der Waals surface area (Å²) in [6.07, 6.45) is -0.704. The molecule has 0 bridgehead atoms. The number of aliphatic hydroxyl groups excluding tert-OH is 1. The fourth-order valence-electron chi connectivity index (χ4n) is 1.47. The van der Waals surface area contributed by atoms with Crippen LogP contribution in [0.25, 0.3) is 0 Å². The number of hydrogen-bond acceptors (Lipinski definition) is 2. The Bertz CT molecular complexity index is 401. The molecule has 1 rings (SSSR count). The molecule has 1 aromatic rings. The largest absolute Gasteiger partial charge is 0.481 e. The number of aryl methyl sites for hydroxylation is 2. The smallest absolute Gasteiger partial charge is 0.303 e. The lowest BCUT2D eigenvalue weighted by molar-refractivity contribution is -0.137. The number of rotatable bonds is 4. The van der Waals surface area contributed by atoms with E-state index in [0.29, 0.717) is 10.6 Å². The van der Waals surface area contributed by atoms with Crippen molar-refractivity contribution in [1.82, 2.24) is 0 Å². The number of hydrogen-bond donors (Lipinski definition) is 2. The van der Waals surface area contributed by atoms with E-state index in [9.17, 15) is 9.90 Å². The van der Waals surface area contributed by atoms with E-state index >= 15 is 0 Å². The molecule has 1 atom stereocenters. The van der Waals surface area contributed by atoms with Crippen molar-refractivity contribution in [2.45, 2.75) is 32.8 Å². The second-order valence-corrected chi connectivity index (χ2v) is 4.31. The van der Waals surface area contributed by atoms with Crippen LogP contribution in [0.5, 0.6) is 0 Å². The zero-order valence-electron chi connectivity index (χ0n) is 9.33. The maximum atomic E-state index is 10.4. The molecule has 0 fully saturated rings. The Hall–Kier alpha value is -1.06. The first-order valence-corrected chi connectivity index (χ1v) is 5.46. The topological polar surface area (TPSA) is 57.5 Å². The summed E-state index contributed by atoms with van der Waals surface area (Å²) in [6.45, 7) is 3.87. The Morgan fingerprint density at radius 3 is 2.50 bits per heavy atom. The fraction of sp³-hybridized carbons (Fsp3) is 0.417. The van der Waals surface area contributed by atoms with Gasteiger partial charge in [0.2, 0.25) is 0 Å². The van der Waals surface area contributed by atoms with E-state index in [0.717, 1.165) is 11.1 Å². The number of aliphatic carboxylic acids is 1. The van der Waals surface area contributed by atoms with Crippen LogP contribution in [0.15, 0.2) is 12.1 Å². The van der Waals surface area contributed by atoms with Crippen molar-refractivity contribution in [3.05, 3.63) is 33.8 Å². The Labute approximate surface area is 99.7 Å². The van der Waals surface area contributed by atoms with E-state index in [1.54, 1.807) is 6.07 Å². The summed E-state index contributed by atoms with van der Waals surface area (Å²) in [5.74, 6) is -0.918. The highest BCUT2D eigenvalue weighted by molar-refractivity contribution is 6.31. The van der Waals surface area contributed by atoms with E-state index in [1.807, 2.05) is 19.9 Å². The first-order valence-electron chi connectivity index (χ1n) is 5.08. The van der Waals surface area contributed by atoms with E-state index < -0.39 is 12.1 Å². The normalized spacial score (nSPS) is 12.5. The summed E-state index contributed by atoms with van der Waals surface area (Å²) >= 11 is 6.00. The highest BCUT2D eigenvalue weighted by Gasteiger charge is 2.14. The van der Waals surface area contributed by atoms with Gasteiger partial charge in [-0.2, -0.15) is 0 Å². The van der Waals surface area contributed by atoms with E-state index in [4.69, 9.17) is 16.7 Å². The minimum Gasteiger partial charge on any atom is -0.481 e. The summed E-state index contributed by atoms with van der Waals surface area (Å²) in [4.78, 5) is 10.4. The van der Waals surface area contributed by atoms with Crippen molar-refractivity contribution in [2.24, 2.45) is 0 Å². The lowest BCUT2D eigenvalue weighted by Crippen LogP contribution is -2.04. The molecule has 16 heavy (non-hydrogen) atoms. The quantitative estimate of drug-likeness (QED) is 0.854. The third-order valence-electron chi connectivity index (χ3n) is 2.60. The summed E-state index contributed by atoms with van der Waals surface area (Å²) in [7, 11) is 0. The molecule has 0 aliphatic heterocycles. The van der Waals surface area contributed by atoms with Crippen molar-refractivity contribution in [1.29, 1.82) is 0 Å². The zero-order chi connectivity index (χ0) is 12.3. The second kappa shape index (κ2) is 5.32. The molecule has 0 aliphatic carbocycles. The summed E-state index contributed by atoms with van der Waals surface area (Å²) < 4.78 is 0. The molecule has 1 aromatic carbocycles. The molecular weight excluding hydrogens is 228 g/mol. The van der Waals surface area contributed by atoms with Gasteiger partial charge < -0.3 is 10.2 Å². The number of aliphatic hydroxyl groups is 1. The number of carbonyl (C=O) groups is 1. The Balaban J connectivity index is 2.86. The lowest BCUT2D eigenvalue weighted by Gasteiger charge is -2.13. The minimum absolute atomic E-state index is 0.0651. The Morgan fingerprint density at radius 1 is 1.38 bits per heavy atom. The van der Waals surface area contributed by atoms with Gasteiger partial charge in [-0.3, -0.25) is 4.79 Å². The van der Waals surface area contributed by atoms with Crippen LogP contribution in [0.2, 0.25) is 5.02 Å². The van der Waals surface area contributed by atoms with Crippen LogP contribution in [0, 0.1) is 13.8 Å².